The number of carbonyl (C=O) groups excluding carboxylic acids is 1. The summed E-state index contributed by atoms with van der Waals surface area (Å²) in [7, 11) is -4.05. The van der Waals surface area contributed by atoms with Crippen LogP contribution in [0.25, 0.3) is 0 Å². The number of anilines is 1. The topological polar surface area (TPSA) is 75.3 Å². The molecule has 29 heavy (non-hydrogen) atoms. The minimum Gasteiger partial charge on any atom is -0.346 e. The molecule has 3 aromatic carbocycles. The van der Waals surface area contributed by atoms with Crippen molar-refractivity contribution in [2.24, 2.45) is 0 Å². The molecule has 0 saturated carbocycles. The Bertz CT molecular complexity index is 1150. The van der Waals surface area contributed by atoms with E-state index in [4.69, 9.17) is 0 Å². The number of benzene rings is 3. The SMILES string of the molecule is Cc1ccccc1[C@H](C)NC(=O)c1cccc(S(=O)(=O)Nc2ccccc2F)c1. The molecule has 5 nitrogen and oxygen atoms in total. The fourth-order valence-electron chi connectivity index (χ4n) is 2.98. The summed E-state index contributed by atoms with van der Waals surface area (Å²) in [6.07, 6.45) is 0. The van der Waals surface area contributed by atoms with E-state index in [1.807, 2.05) is 38.1 Å². The maximum atomic E-state index is 13.8. The molecule has 150 valence electrons. The number of hydrogen-bond donors (Lipinski definition) is 2. The summed E-state index contributed by atoms with van der Waals surface area (Å²) in [5.74, 6) is -1.08. The van der Waals surface area contributed by atoms with E-state index < -0.39 is 21.7 Å². The zero-order chi connectivity index (χ0) is 21.0. The average Bonchev–Trinajstić information content (AvgIpc) is 2.70. The van der Waals surface area contributed by atoms with Gasteiger partial charge in [0, 0.05) is 5.56 Å². The molecule has 0 unspecified atom stereocenters. The lowest BCUT2D eigenvalue weighted by Crippen LogP contribution is -2.27. The van der Waals surface area contributed by atoms with Crippen LogP contribution in [0.15, 0.2) is 77.7 Å². The van der Waals surface area contributed by atoms with Gasteiger partial charge in [0.05, 0.1) is 16.6 Å². The van der Waals surface area contributed by atoms with Crippen LogP contribution in [0.2, 0.25) is 0 Å². The Hall–Kier alpha value is -3.19. The zero-order valence-corrected chi connectivity index (χ0v) is 16.8. The van der Waals surface area contributed by atoms with Crippen LogP contribution in [-0.4, -0.2) is 14.3 Å². The summed E-state index contributed by atoms with van der Waals surface area (Å²) < 4.78 is 41.2. The standard InChI is InChI=1S/C22H21FN2O3S/c1-15-8-3-4-11-19(15)16(2)24-22(26)17-9-7-10-18(14-17)29(27,28)25-21-13-6-5-12-20(21)23/h3-14,16,25H,1-2H3,(H,24,26)/t16-/m0/s1. The van der Waals surface area contributed by atoms with E-state index in [1.54, 1.807) is 0 Å². The van der Waals surface area contributed by atoms with Crippen molar-refractivity contribution in [1.29, 1.82) is 0 Å². The Kier molecular flexibility index (Phi) is 5.98. The Morgan fingerprint density at radius 1 is 0.966 bits per heavy atom. The highest BCUT2D eigenvalue weighted by Gasteiger charge is 2.19. The highest BCUT2D eigenvalue weighted by Crippen LogP contribution is 2.21. The number of para-hydroxylation sites is 1. The van der Waals surface area contributed by atoms with Crippen molar-refractivity contribution in [1.82, 2.24) is 5.32 Å². The Morgan fingerprint density at radius 2 is 1.66 bits per heavy atom. The molecule has 0 aliphatic rings. The highest BCUT2D eigenvalue weighted by atomic mass is 32.2. The van der Waals surface area contributed by atoms with Gasteiger partial charge in [-0.2, -0.15) is 0 Å². The fourth-order valence-corrected chi connectivity index (χ4v) is 4.10. The van der Waals surface area contributed by atoms with Gasteiger partial charge in [-0.05, 0) is 55.3 Å². The first-order valence-electron chi connectivity index (χ1n) is 9.02. The van der Waals surface area contributed by atoms with Crippen LogP contribution in [0.4, 0.5) is 10.1 Å². The van der Waals surface area contributed by atoms with Gasteiger partial charge in [-0.15, -0.1) is 0 Å². The van der Waals surface area contributed by atoms with E-state index in [-0.39, 0.29) is 22.2 Å². The predicted molar refractivity (Wildman–Crippen MR) is 111 cm³/mol. The monoisotopic (exact) mass is 412 g/mol. The van der Waals surface area contributed by atoms with Crippen molar-refractivity contribution in [2.45, 2.75) is 24.8 Å². The second-order valence-electron chi connectivity index (χ2n) is 6.66. The first-order chi connectivity index (χ1) is 13.8. The van der Waals surface area contributed by atoms with Gasteiger partial charge in [-0.1, -0.05) is 42.5 Å². The molecule has 0 radical (unpaired) electrons. The second kappa shape index (κ2) is 8.45. The largest absolute Gasteiger partial charge is 0.346 e. The summed E-state index contributed by atoms with van der Waals surface area (Å²) in [4.78, 5) is 12.5. The van der Waals surface area contributed by atoms with Crippen LogP contribution in [0.1, 0.15) is 34.5 Å². The van der Waals surface area contributed by atoms with Gasteiger partial charge < -0.3 is 5.32 Å². The predicted octanol–water partition coefficient (Wildman–Crippen LogP) is 4.43. The number of amides is 1. The molecule has 0 aromatic heterocycles. The Balaban J connectivity index is 1.81. The summed E-state index contributed by atoms with van der Waals surface area (Å²) in [6.45, 7) is 3.82. The minimum absolute atomic E-state index is 0.128. The summed E-state index contributed by atoms with van der Waals surface area (Å²) in [5.41, 5.74) is 2.06. The first kappa shape index (κ1) is 20.5. The van der Waals surface area contributed by atoms with E-state index in [2.05, 4.69) is 10.0 Å². The third-order valence-corrected chi connectivity index (χ3v) is 5.89. The number of carbonyl (C=O) groups is 1. The molecular weight excluding hydrogens is 391 g/mol. The number of nitrogens with one attached hydrogen (secondary N) is 2. The molecule has 0 heterocycles. The summed E-state index contributed by atoms with van der Waals surface area (Å²) in [6, 6.07) is 18.6. The van der Waals surface area contributed by atoms with Gasteiger partial charge in [-0.25, -0.2) is 12.8 Å². The number of halogens is 1. The quantitative estimate of drug-likeness (QED) is 0.629. The van der Waals surface area contributed by atoms with Gasteiger partial charge in [0.25, 0.3) is 15.9 Å². The molecule has 0 fully saturated rings. The number of aryl methyl sites for hydroxylation is 1. The van der Waals surface area contributed by atoms with E-state index >= 15 is 0 Å². The van der Waals surface area contributed by atoms with Crippen LogP contribution in [0.5, 0.6) is 0 Å². The lowest BCUT2D eigenvalue weighted by Gasteiger charge is -2.17. The molecule has 3 aromatic rings. The third-order valence-electron chi connectivity index (χ3n) is 4.53. The summed E-state index contributed by atoms with van der Waals surface area (Å²) >= 11 is 0. The van der Waals surface area contributed by atoms with Gasteiger partial charge in [0.2, 0.25) is 0 Å². The zero-order valence-electron chi connectivity index (χ0n) is 16.0. The fraction of sp³-hybridized carbons (Fsp3) is 0.136. The lowest BCUT2D eigenvalue weighted by atomic mass is 10.0. The number of rotatable bonds is 6. The lowest BCUT2D eigenvalue weighted by molar-refractivity contribution is 0.0939. The van der Waals surface area contributed by atoms with Crippen LogP contribution in [0.3, 0.4) is 0 Å². The minimum atomic E-state index is -4.05. The molecule has 0 bridgehead atoms. The number of hydrogen-bond acceptors (Lipinski definition) is 3. The van der Waals surface area contributed by atoms with Crippen molar-refractivity contribution >= 4 is 21.6 Å². The average molecular weight is 412 g/mol. The van der Waals surface area contributed by atoms with Crippen molar-refractivity contribution in [3.05, 3.63) is 95.3 Å². The number of sulfonamides is 1. The molecule has 3 rings (SSSR count). The van der Waals surface area contributed by atoms with Gasteiger partial charge >= 0.3 is 0 Å². The van der Waals surface area contributed by atoms with Crippen molar-refractivity contribution in [3.63, 3.8) is 0 Å². The van der Waals surface area contributed by atoms with Gasteiger partial charge in [0.1, 0.15) is 5.82 Å². The van der Waals surface area contributed by atoms with E-state index in [1.165, 1.54) is 42.5 Å². The van der Waals surface area contributed by atoms with Crippen molar-refractivity contribution in [3.8, 4) is 0 Å². The molecule has 0 saturated heterocycles. The molecule has 0 spiro atoms. The van der Waals surface area contributed by atoms with Crippen LogP contribution < -0.4 is 10.0 Å². The van der Waals surface area contributed by atoms with Crippen LogP contribution >= 0.6 is 0 Å². The molecular formula is C22H21FN2O3S. The first-order valence-corrected chi connectivity index (χ1v) is 10.5. The maximum absolute atomic E-state index is 13.8. The third kappa shape index (κ3) is 4.81. The van der Waals surface area contributed by atoms with E-state index in [0.29, 0.717) is 0 Å². The van der Waals surface area contributed by atoms with Crippen molar-refractivity contribution in [2.75, 3.05) is 4.72 Å². The Labute approximate surface area is 169 Å². The van der Waals surface area contributed by atoms with E-state index in [0.717, 1.165) is 17.2 Å². The normalized spacial score (nSPS) is 12.2. The molecule has 7 heteroatoms. The highest BCUT2D eigenvalue weighted by molar-refractivity contribution is 7.92. The van der Waals surface area contributed by atoms with Gasteiger partial charge in [-0.3, -0.25) is 9.52 Å². The molecule has 1 atom stereocenters. The maximum Gasteiger partial charge on any atom is 0.262 e. The molecule has 2 N–H and O–H groups in total. The second-order valence-corrected chi connectivity index (χ2v) is 8.35. The molecule has 0 aliphatic heterocycles. The molecule has 0 aliphatic carbocycles. The van der Waals surface area contributed by atoms with Crippen LogP contribution in [0, 0.1) is 12.7 Å². The van der Waals surface area contributed by atoms with Crippen LogP contribution in [-0.2, 0) is 10.0 Å². The van der Waals surface area contributed by atoms with Crippen molar-refractivity contribution < 1.29 is 17.6 Å². The molecule has 1 amide bonds. The van der Waals surface area contributed by atoms with Gasteiger partial charge in [0.15, 0.2) is 0 Å². The smallest absolute Gasteiger partial charge is 0.262 e. The van der Waals surface area contributed by atoms with E-state index in [9.17, 15) is 17.6 Å². The Morgan fingerprint density at radius 3 is 2.38 bits per heavy atom. The summed E-state index contributed by atoms with van der Waals surface area (Å²) in [5, 5.41) is 2.88.